The van der Waals surface area contributed by atoms with Crippen LogP contribution >= 0.6 is 27.7 Å². The summed E-state index contributed by atoms with van der Waals surface area (Å²) in [5.74, 6) is 0.187. The summed E-state index contributed by atoms with van der Waals surface area (Å²) in [4.78, 5) is 20.4. The summed E-state index contributed by atoms with van der Waals surface area (Å²) in [6.07, 6.45) is 3.20. The number of amides is 1. The van der Waals surface area contributed by atoms with Gasteiger partial charge in [-0.15, -0.1) is 0 Å². The van der Waals surface area contributed by atoms with Crippen LogP contribution in [0.2, 0.25) is 0 Å². The number of nitrogens with one attached hydrogen (secondary N) is 1. The quantitative estimate of drug-likeness (QED) is 0.558. The van der Waals surface area contributed by atoms with Crippen LogP contribution in [0.5, 0.6) is 0 Å². The number of carbonyl (C=O) groups excluding carboxylic acids is 1. The fourth-order valence-electron chi connectivity index (χ4n) is 1.95. The van der Waals surface area contributed by atoms with E-state index in [4.69, 9.17) is 0 Å². The number of benzene rings is 1. The van der Waals surface area contributed by atoms with Gasteiger partial charge in [0.2, 0.25) is 5.91 Å². The van der Waals surface area contributed by atoms with Crippen LogP contribution in [0.4, 0.5) is 5.69 Å². The van der Waals surface area contributed by atoms with Crippen molar-refractivity contribution in [3.8, 4) is 0 Å². The summed E-state index contributed by atoms with van der Waals surface area (Å²) in [6.45, 7) is 0. The molecule has 0 bridgehead atoms. The van der Waals surface area contributed by atoms with Crippen LogP contribution in [-0.4, -0.2) is 31.4 Å². The van der Waals surface area contributed by atoms with Crippen molar-refractivity contribution in [3.05, 3.63) is 41.3 Å². The summed E-state index contributed by atoms with van der Waals surface area (Å²) in [5, 5.41) is 8.61. The predicted molar refractivity (Wildman–Crippen MR) is 89.8 cm³/mol. The van der Waals surface area contributed by atoms with E-state index in [1.165, 1.54) is 18.1 Å². The number of aromatic nitrogens is 4. The van der Waals surface area contributed by atoms with Crippen LogP contribution in [-0.2, 0) is 11.8 Å². The smallest absolute Gasteiger partial charge is 0.234 e. The van der Waals surface area contributed by atoms with Gasteiger partial charge in [0.25, 0.3) is 0 Å². The first-order valence-corrected chi connectivity index (χ1v) is 8.22. The monoisotopic (exact) mass is 377 g/mol. The van der Waals surface area contributed by atoms with Crippen molar-refractivity contribution in [3.63, 3.8) is 0 Å². The maximum atomic E-state index is 12.0. The van der Waals surface area contributed by atoms with Crippen LogP contribution in [0.1, 0.15) is 0 Å². The van der Waals surface area contributed by atoms with Crippen molar-refractivity contribution in [1.82, 2.24) is 19.7 Å². The normalized spacial score (nSPS) is 10.8. The topological polar surface area (TPSA) is 72.7 Å². The molecule has 0 spiro atoms. The summed E-state index contributed by atoms with van der Waals surface area (Å²) in [5.41, 5.74) is 1.51. The first-order valence-electron chi connectivity index (χ1n) is 6.44. The lowest BCUT2D eigenvalue weighted by Gasteiger charge is -2.05. The Hall–Kier alpha value is -1.93. The number of halogens is 1. The van der Waals surface area contributed by atoms with Crippen LogP contribution in [0.3, 0.4) is 0 Å². The van der Waals surface area contributed by atoms with Gasteiger partial charge >= 0.3 is 0 Å². The molecule has 8 heteroatoms. The zero-order valence-corrected chi connectivity index (χ0v) is 14.1. The van der Waals surface area contributed by atoms with E-state index in [-0.39, 0.29) is 11.7 Å². The third-order valence-electron chi connectivity index (χ3n) is 2.94. The first-order chi connectivity index (χ1) is 10.6. The minimum Gasteiger partial charge on any atom is -0.325 e. The molecule has 0 radical (unpaired) electrons. The fourth-order valence-corrected chi connectivity index (χ4v) is 3.11. The van der Waals surface area contributed by atoms with Gasteiger partial charge < -0.3 is 5.32 Å². The number of aryl methyl sites for hydroxylation is 1. The highest BCUT2D eigenvalue weighted by Crippen LogP contribution is 2.24. The standard InChI is InChI=1S/C14H12BrN5OS/c1-20-13-11(6-18-20)14(17-8-16-13)22-7-12(21)19-10-4-2-3-9(15)5-10/h2-6,8H,7H2,1H3,(H,19,21). The number of thioether (sulfide) groups is 1. The van der Waals surface area contributed by atoms with E-state index in [1.807, 2.05) is 31.3 Å². The number of hydrogen-bond donors (Lipinski definition) is 1. The Labute approximate surface area is 139 Å². The van der Waals surface area contributed by atoms with Gasteiger partial charge in [0, 0.05) is 17.2 Å². The Bertz CT molecular complexity index is 835. The van der Waals surface area contributed by atoms with Crippen molar-refractivity contribution in [2.75, 3.05) is 11.1 Å². The highest BCUT2D eigenvalue weighted by atomic mass is 79.9. The van der Waals surface area contributed by atoms with Crippen LogP contribution in [0, 0.1) is 0 Å². The van der Waals surface area contributed by atoms with Gasteiger partial charge in [-0.25, -0.2) is 9.97 Å². The van der Waals surface area contributed by atoms with Gasteiger partial charge in [0.15, 0.2) is 5.65 Å². The number of carbonyl (C=O) groups is 1. The number of anilines is 1. The molecule has 1 N–H and O–H groups in total. The highest BCUT2D eigenvalue weighted by molar-refractivity contribution is 9.10. The van der Waals surface area contributed by atoms with Crippen molar-refractivity contribution in [1.29, 1.82) is 0 Å². The lowest BCUT2D eigenvalue weighted by atomic mass is 10.3. The summed E-state index contributed by atoms with van der Waals surface area (Å²) >= 11 is 4.74. The van der Waals surface area contributed by atoms with Gasteiger partial charge in [0.05, 0.1) is 17.3 Å². The molecule has 1 amide bonds. The molecule has 0 aliphatic rings. The van der Waals surface area contributed by atoms with Crippen molar-refractivity contribution < 1.29 is 4.79 Å². The molecule has 3 rings (SSSR count). The molecule has 0 atom stereocenters. The average Bonchev–Trinajstić information content (AvgIpc) is 2.87. The van der Waals surface area contributed by atoms with Gasteiger partial charge in [-0.2, -0.15) is 5.10 Å². The number of fused-ring (bicyclic) bond motifs is 1. The second kappa shape index (κ2) is 6.45. The van der Waals surface area contributed by atoms with Crippen molar-refractivity contribution in [2.24, 2.45) is 7.05 Å². The largest absolute Gasteiger partial charge is 0.325 e. The molecule has 0 aliphatic heterocycles. The molecule has 3 aromatic rings. The van der Waals surface area contributed by atoms with E-state index in [0.717, 1.165) is 26.2 Å². The summed E-state index contributed by atoms with van der Waals surface area (Å²) < 4.78 is 2.61. The molecule has 1 aromatic carbocycles. The third-order valence-corrected chi connectivity index (χ3v) is 4.44. The van der Waals surface area contributed by atoms with Crippen LogP contribution < -0.4 is 5.32 Å². The Morgan fingerprint density at radius 2 is 2.27 bits per heavy atom. The number of nitrogens with zero attached hydrogens (tertiary/aromatic N) is 4. The molecule has 0 unspecified atom stereocenters. The van der Waals surface area contributed by atoms with Crippen molar-refractivity contribution in [2.45, 2.75) is 5.03 Å². The average molecular weight is 378 g/mol. The molecule has 0 aliphatic carbocycles. The zero-order chi connectivity index (χ0) is 15.5. The summed E-state index contributed by atoms with van der Waals surface area (Å²) in [6, 6.07) is 7.48. The second-order valence-electron chi connectivity index (χ2n) is 4.53. The predicted octanol–water partition coefficient (Wildman–Crippen LogP) is 2.86. The van der Waals surface area contributed by atoms with E-state index in [9.17, 15) is 4.79 Å². The Morgan fingerprint density at radius 1 is 1.41 bits per heavy atom. The maximum Gasteiger partial charge on any atom is 0.234 e. The highest BCUT2D eigenvalue weighted by Gasteiger charge is 2.10. The second-order valence-corrected chi connectivity index (χ2v) is 6.41. The van der Waals surface area contributed by atoms with Crippen molar-refractivity contribution >= 4 is 50.3 Å². The molecular formula is C14H12BrN5OS. The fraction of sp³-hybridized carbons (Fsp3) is 0.143. The number of rotatable bonds is 4. The molecule has 6 nitrogen and oxygen atoms in total. The Kier molecular flexibility index (Phi) is 4.39. The third kappa shape index (κ3) is 3.28. The van der Waals surface area contributed by atoms with Gasteiger partial charge in [-0.05, 0) is 18.2 Å². The maximum absolute atomic E-state index is 12.0. The van der Waals surface area contributed by atoms with Crippen LogP contribution in [0.15, 0.2) is 46.3 Å². The molecule has 112 valence electrons. The number of hydrogen-bond acceptors (Lipinski definition) is 5. The molecular weight excluding hydrogens is 366 g/mol. The molecule has 22 heavy (non-hydrogen) atoms. The van der Waals surface area contributed by atoms with Gasteiger partial charge in [-0.1, -0.05) is 33.8 Å². The van der Waals surface area contributed by atoms with E-state index in [0.29, 0.717) is 0 Å². The van der Waals surface area contributed by atoms with E-state index in [1.54, 1.807) is 10.9 Å². The minimum atomic E-state index is -0.0845. The molecule has 0 saturated heterocycles. The van der Waals surface area contributed by atoms with Gasteiger partial charge in [-0.3, -0.25) is 9.48 Å². The zero-order valence-electron chi connectivity index (χ0n) is 11.7. The lowest BCUT2D eigenvalue weighted by molar-refractivity contribution is -0.113. The van der Waals surface area contributed by atoms with E-state index < -0.39 is 0 Å². The first kappa shape index (κ1) is 15.0. The van der Waals surface area contributed by atoms with E-state index >= 15 is 0 Å². The van der Waals surface area contributed by atoms with Gasteiger partial charge in [0.1, 0.15) is 11.4 Å². The van der Waals surface area contributed by atoms with E-state index in [2.05, 4.69) is 36.3 Å². The molecule has 2 aromatic heterocycles. The Morgan fingerprint density at radius 3 is 3.09 bits per heavy atom. The SMILES string of the molecule is Cn1ncc2c(SCC(=O)Nc3cccc(Br)c3)ncnc21. The molecule has 0 fully saturated rings. The summed E-state index contributed by atoms with van der Waals surface area (Å²) in [7, 11) is 1.82. The lowest BCUT2D eigenvalue weighted by Crippen LogP contribution is -2.14. The van der Waals surface area contributed by atoms with Crippen LogP contribution in [0.25, 0.3) is 11.0 Å². The molecule has 2 heterocycles. The Balaban J connectivity index is 1.67. The molecule has 0 saturated carbocycles. The minimum absolute atomic E-state index is 0.0845.